The van der Waals surface area contributed by atoms with Crippen molar-refractivity contribution in [3.8, 4) is 11.3 Å². The zero-order valence-corrected chi connectivity index (χ0v) is 19.0. The number of esters is 1. The molecule has 3 N–H and O–H groups in total. The van der Waals surface area contributed by atoms with Crippen LogP contribution in [0.2, 0.25) is 0 Å². The van der Waals surface area contributed by atoms with Gasteiger partial charge in [-0.15, -0.1) is 0 Å². The number of carboxylic acid groups (broad SMARTS) is 1. The SMILES string of the molecule is CCOC(=O)C1(n2c(C)cc(C3C(=O)NC(=O)NC3=O)c2-c2ccccc2)C=CC=C(C(=O)O)C1. The molecule has 180 valence electrons. The van der Waals surface area contributed by atoms with Crippen molar-refractivity contribution < 1.29 is 33.8 Å². The molecule has 2 aliphatic rings. The second-order valence-electron chi connectivity index (χ2n) is 8.21. The molecule has 0 spiro atoms. The maximum absolute atomic E-state index is 13.5. The number of imide groups is 2. The van der Waals surface area contributed by atoms with Crippen LogP contribution in [0.25, 0.3) is 11.3 Å². The number of aryl methyl sites for hydroxylation is 1. The Morgan fingerprint density at radius 1 is 1.14 bits per heavy atom. The number of nitrogens with one attached hydrogen (secondary N) is 2. The van der Waals surface area contributed by atoms with Crippen molar-refractivity contribution in [1.29, 1.82) is 0 Å². The van der Waals surface area contributed by atoms with Crippen LogP contribution in [0.5, 0.6) is 0 Å². The minimum Gasteiger partial charge on any atom is -0.478 e. The van der Waals surface area contributed by atoms with E-state index in [0.717, 1.165) is 0 Å². The van der Waals surface area contributed by atoms with Crippen molar-refractivity contribution in [2.24, 2.45) is 0 Å². The lowest BCUT2D eigenvalue weighted by Crippen LogP contribution is -2.54. The molecule has 0 bridgehead atoms. The van der Waals surface area contributed by atoms with E-state index in [-0.39, 0.29) is 24.2 Å². The number of barbiturate groups is 1. The van der Waals surface area contributed by atoms with Gasteiger partial charge in [-0.25, -0.2) is 14.4 Å². The van der Waals surface area contributed by atoms with E-state index in [1.54, 1.807) is 60.9 Å². The fraction of sp³-hybridized carbons (Fsp3) is 0.240. The molecule has 4 rings (SSSR count). The molecule has 1 aromatic carbocycles. The first-order chi connectivity index (χ1) is 16.7. The third kappa shape index (κ3) is 4.03. The highest BCUT2D eigenvalue weighted by atomic mass is 16.5. The minimum absolute atomic E-state index is 0.00651. The molecule has 2 heterocycles. The number of aromatic nitrogens is 1. The molecule has 10 heteroatoms. The Hall–Kier alpha value is -4.47. The van der Waals surface area contributed by atoms with Gasteiger partial charge in [-0.05, 0) is 37.1 Å². The maximum atomic E-state index is 13.5. The summed E-state index contributed by atoms with van der Waals surface area (Å²) in [7, 11) is 0. The summed E-state index contributed by atoms with van der Waals surface area (Å²) in [4.78, 5) is 62.5. The number of nitrogens with zero attached hydrogens (tertiary/aromatic N) is 1. The molecule has 1 aliphatic carbocycles. The van der Waals surface area contributed by atoms with E-state index in [1.165, 1.54) is 12.2 Å². The molecule has 0 radical (unpaired) electrons. The van der Waals surface area contributed by atoms with Crippen molar-refractivity contribution in [3.05, 3.63) is 71.5 Å². The number of amides is 4. The monoisotopic (exact) mass is 477 g/mol. The fourth-order valence-corrected chi connectivity index (χ4v) is 4.61. The van der Waals surface area contributed by atoms with Gasteiger partial charge < -0.3 is 14.4 Å². The fourth-order valence-electron chi connectivity index (χ4n) is 4.61. The van der Waals surface area contributed by atoms with Gasteiger partial charge in [0.25, 0.3) is 0 Å². The largest absolute Gasteiger partial charge is 0.478 e. The summed E-state index contributed by atoms with van der Waals surface area (Å²) >= 11 is 0. The van der Waals surface area contributed by atoms with Crippen molar-refractivity contribution >= 4 is 29.8 Å². The van der Waals surface area contributed by atoms with E-state index in [4.69, 9.17) is 4.74 Å². The number of aliphatic carboxylic acids is 1. The Balaban J connectivity index is 2.02. The van der Waals surface area contributed by atoms with Crippen LogP contribution in [0, 0.1) is 6.92 Å². The van der Waals surface area contributed by atoms with Gasteiger partial charge in [0.2, 0.25) is 11.8 Å². The lowest BCUT2D eigenvalue weighted by molar-refractivity contribution is -0.151. The number of hydrogen-bond donors (Lipinski definition) is 3. The van der Waals surface area contributed by atoms with Gasteiger partial charge in [-0.3, -0.25) is 20.2 Å². The molecule has 35 heavy (non-hydrogen) atoms. The molecule has 1 saturated heterocycles. The van der Waals surface area contributed by atoms with E-state index in [1.807, 2.05) is 0 Å². The van der Waals surface area contributed by atoms with Crippen LogP contribution >= 0.6 is 0 Å². The number of urea groups is 1. The summed E-state index contributed by atoms with van der Waals surface area (Å²) in [6, 6.07) is 9.47. The highest BCUT2D eigenvalue weighted by molar-refractivity contribution is 6.20. The molecule has 1 aliphatic heterocycles. The molecule has 1 aromatic heterocycles. The van der Waals surface area contributed by atoms with E-state index >= 15 is 0 Å². The van der Waals surface area contributed by atoms with Gasteiger partial charge in [-0.2, -0.15) is 0 Å². The first-order valence-electron chi connectivity index (χ1n) is 10.9. The highest BCUT2D eigenvalue weighted by Gasteiger charge is 2.47. The van der Waals surface area contributed by atoms with Gasteiger partial charge in [0, 0.05) is 17.7 Å². The van der Waals surface area contributed by atoms with Crippen LogP contribution in [-0.2, 0) is 29.5 Å². The molecule has 1 unspecified atom stereocenters. The van der Waals surface area contributed by atoms with Crippen LogP contribution in [-0.4, -0.2) is 46.1 Å². The number of hydrogen-bond acceptors (Lipinski definition) is 6. The third-order valence-electron chi connectivity index (χ3n) is 6.00. The molecular weight excluding hydrogens is 454 g/mol. The van der Waals surface area contributed by atoms with Crippen molar-refractivity contribution in [2.75, 3.05) is 6.61 Å². The van der Waals surface area contributed by atoms with Gasteiger partial charge in [-0.1, -0.05) is 42.5 Å². The average molecular weight is 477 g/mol. The molecule has 4 amide bonds. The number of allylic oxidation sites excluding steroid dienone is 2. The smallest absolute Gasteiger partial charge is 0.336 e. The number of carbonyl (C=O) groups excluding carboxylic acids is 4. The first kappa shape index (κ1) is 23.7. The van der Waals surface area contributed by atoms with E-state index in [0.29, 0.717) is 17.0 Å². The Morgan fingerprint density at radius 3 is 2.40 bits per heavy atom. The number of rotatable bonds is 6. The van der Waals surface area contributed by atoms with Crippen molar-refractivity contribution in [1.82, 2.24) is 15.2 Å². The molecule has 1 atom stereocenters. The van der Waals surface area contributed by atoms with E-state index in [9.17, 15) is 29.1 Å². The summed E-state index contributed by atoms with van der Waals surface area (Å²) in [5.41, 5.74) is 0.0886. The zero-order chi connectivity index (χ0) is 25.3. The molecule has 10 nitrogen and oxygen atoms in total. The minimum atomic E-state index is -1.59. The standard InChI is InChI=1S/C25H23N3O7/c1-3-35-23(33)25(11-7-10-16(13-25)22(31)32)28-14(2)12-17(19(28)15-8-5-4-6-9-15)18-20(29)26-24(34)27-21(18)30/h4-12,18H,3,13H2,1-2H3,(H,31,32)(H2,26,27,29,30,34). The van der Waals surface area contributed by atoms with Crippen LogP contribution in [0.4, 0.5) is 4.79 Å². The van der Waals surface area contributed by atoms with Gasteiger partial charge >= 0.3 is 18.0 Å². The van der Waals surface area contributed by atoms with Gasteiger partial charge in [0.15, 0.2) is 5.54 Å². The van der Waals surface area contributed by atoms with Crippen LogP contribution in [0.3, 0.4) is 0 Å². The van der Waals surface area contributed by atoms with E-state index in [2.05, 4.69) is 10.6 Å². The zero-order valence-electron chi connectivity index (χ0n) is 19.0. The lowest BCUT2D eigenvalue weighted by atomic mass is 9.84. The van der Waals surface area contributed by atoms with E-state index < -0.39 is 41.2 Å². The summed E-state index contributed by atoms with van der Waals surface area (Å²) in [5, 5.41) is 13.9. The Kier molecular flexibility index (Phi) is 6.12. The quantitative estimate of drug-likeness (QED) is 0.427. The molecule has 0 saturated carbocycles. The maximum Gasteiger partial charge on any atom is 0.336 e. The highest BCUT2D eigenvalue weighted by Crippen LogP contribution is 2.42. The Morgan fingerprint density at radius 2 is 1.80 bits per heavy atom. The van der Waals surface area contributed by atoms with Crippen LogP contribution in [0.15, 0.2) is 60.2 Å². The predicted molar refractivity (Wildman–Crippen MR) is 123 cm³/mol. The second-order valence-corrected chi connectivity index (χ2v) is 8.21. The van der Waals surface area contributed by atoms with Gasteiger partial charge in [0.1, 0.15) is 5.92 Å². The topological polar surface area (TPSA) is 144 Å². The Bertz CT molecular complexity index is 1290. The summed E-state index contributed by atoms with van der Waals surface area (Å²) in [6.07, 6.45) is 4.24. The van der Waals surface area contributed by atoms with Crippen molar-refractivity contribution in [3.63, 3.8) is 0 Å². The van der Waals surface area contributed by atoms with Gasteiger partial charge in [0.05, 0.1) is 12.3 Å². The number of carboxylic acids is 1. The summed E-state index contributed by atoms with van der Waals surface area (Å²) < 4.78 is 7.00. The van der Waals surface area contributed by atoms with Crippen molar-refractivity contribution in [2.45, 2.75) is 31.7 Å². The number of carbonyl (C=O) groups is 5. The molecule has 2 aromatic rings. The number of ether oxygens (including phenoxy) is 1. The second kappa shape index (κ2) is 9.05. The Labute approximate surface area is 200 Å². The normalized spacial score (nSPS) is 20.2. The van der Waals surface area contributed by atoms with Crippen LogP contribution < -0.4 is 10.6 Å². The van der Waals surface area contributed by atoms with Crippen LogP contribution in [0.1, 0.15) is 30.5 Å². The number of benzene rings is 1. The predicted octanol–water partition coefficient (Wildman–Crippen LogP) is 2.14. The summed E-state index contributed by atoms with van der Waals surface area (Å²) in [6.45, 7) is 3.39. The molecular formula is C25H23N3O7. The summed E-state index contributed by atoms with van der Waals surface area (Å²) in [5.74, 6) is -4.84. The third-order valence-corrected chi connectivity index (χ3v) is 6.00. The first-order valence-corrected chi connectivity index (χ1v) is 10.9. The average Bonchev–Trinajstić information content (AvgIpc) is 3.16. The lowest BCUT2D eigenvalue weighted by Gasteiger charge is -2.35. The molecule has 1 fully saturated rings.